The minimum Gasteiger partial charge on any atom is -0.391 e. The van der Waals surface area contributed by atoms with E-state index in [1.807, 2.05) is 30.3 Å². The van der Waals surface area contributed by atoms with Gasteiger partial charge in [0.25, 0.3) is 0 Å². The Bertz CT molecular complexity index is 589. The third kappa shape index (κ3) is 5.02. The van der Waals surface area contributed by atoms with Crippen molar-refractivity contribution in [1.29, 1.82) is 0 Å². The van der Waals surface area contributed by atoms with Crippen molar-refractivity contribution < 1.29 is 19.0 Å². The van der Waals surface area contributed by atoms with Gasteiger partial charge < -0.3 is 19.5 Å². The lowest BCUT2D eigenvalue weighted by Gasteiger charge is -2.07. The normalized spacial score (nSPS) is 10.5. The molecule has 2 aromatic rings. The van der Waals surface area contributed by atoms with E-state index >= 15 is 0 Å². The lowest BCUT2D eigenvalue weighted by atomic mass is 10.2. The fourth-order valence-electron chi connectivity index (χ4n) is 1.70. The van der Waals surface area contributed by atoms with Gasteiger partial charge >= 0.3 is 6.09 Å². The number of carbonyl (C=O) groups is 1. The molecule has 0 fully saturated rings. The number of hydrogen-bond acceptors (Lipinski definition) is 5. The SMILES string of the molecule is COCCOCCNC(=O)Oc1ccc2ccccc2n1. The molecular weight excluding hydrogens is 272 g/mol. The topological polar surface area (TPSA) is 69.7 Å². The summed E-state index contributed by atoms with van der Waals surface area (Å²) in [6, 6.07) is 11.2. The van der Waals surface area contributed by atoms with E-state index < -0.39 is 6.09 Å². The maximum Gasteiger partial charge on any atom is 0.414 e. The number of fused-ring (bicyclic) bond motifs is 1. The van der Waals surface area contributed by atoms with Gasteiger partial charge in [0, 0.05) is 25.1 Å². The van der Waals surface area contributed by atoms with E-state index in [0.29, 0.717) is 26.4 Å². The first kappa shape index (κ1) is 15.2. The van der Waals surface area contributed by atoms with E-state index in [1.165, 1.54) is 0 Å². The van der Waals surface area contributed by atoms with Crippen molar-refractivity contribution >= 4 is 17.0 Å². The van der Waals surface area contributed by atoms with Crippen molar-refractivity contribution in [3.8, 4) is 5.88 Å². The minimum atomic E-state index is -0.548. The van der Waals surface area contributed by atoms with Gasteiger partial charge in [-0.15, -0.1) is 0 Å². The van der Waals surface area contributed by atoms with Crippen LogP contribution < -0.4 is 10.1 Å². The Morgan fingerprint density at radius 2 is 2.00 bits per heavy atom. The van der Waals surface area contributed by atoms with E-state index in [2.05, 4.69) is 10.3 Å². The number of aromatic nitrogens is 1. The zero-order chi connectivity index (χ0) is 14.9. The van der Waals surface area contributed by atoms with Gasteiger partial charge in [-0.2, -0.15) is 0 Å². The number of nitrogens with one attached hydrogen (secondary N) is 1. The number of nitrogens with zero attached hydrogens (tertiary/aromatic N) is 1. The average molecular weight is 290 g/mol. The number of methoxy groups -OCH3 is 1. The third-order valence-corrected chi connectivity index (χ3v) is 2.72. The van der Waals surface area contributed by atoms with Crippen LogP contribution in [-0.4, -0.2) is 44.6 Å². The zero-order valence-electron chi connectivity index (χ0n) is 11.9. The van der Waals surface area contributed by atoms with Crippen LogP contribution in [0.3, 0.4) is 0 Å². The van der Waals surface area contributed by atoms with Crippen LogP contribution in [0.4, 0.5) is 4.79 Å². The van der Waals surface area contributed by atoms with Gasteiger partial charge in [0.1, 0.15) is 0 Å². The molecule has 0 atom stereocenters. The van der Waals surface area contributed by atoms with E-state index in [-0.39, 0.29) is 5.88 Å². The van der Waals surface area contributed by atoms with Crippen molar-refractivity contribution in [1.82, 2.24) is 10.3 Å². The molecule has 1 aromatic heterocycles. The number of amides is 1. The molecule has 0 saturated carbocycles. The average Bonchev–Trinajstić information content (AvgIpc) is 2.50. The van der Waals surface area contributed by atoms with E-state index in [0.717, 1.165) is 10.9 Å². The summed E-state index contributed by atoms with van der Waals surface area (Å²) in [4.78, 5) is 15.8. The Hall–Kier alpha value is -2.18. The largest absolute Gasteiger partial charge is 0.414 e. The molecule has 0 saturated heterocycles. The fraction of sp³-hybridized carbons (Fsp3) is 0.333. The van der Waals surface area contributed by atoms with E-state index in [4.69, 9.17) is 14.2 Å². The van der Waals surface area contributed by atoms with Crippen molar-refractivity contribution in [3.05, 3.63) is 36.4 Å². The van der Waals surface area contributed by atoms with Gasteiger partial charge in [0.05, 0.1) is 25.3 Å². The molecule has 6 nitrogen and oxygen atoms in total. The number of hydrogen-bond donors (Lipinski definition) is 1. The summed E-state index contributed by atoms with van der Waals surface area (Å²) >= 11 is 0. The molecule has 0 unspecified atom stereocenters. The molecule has 0 aliphatic heterocycles. The highest BCUT2D eigenvalue weighted by Gasteiger charge is 2.05. The summed E-state index contributed by atoms with van der Waals surface area (Å²) in [7, 11) is 1.61. The van der Waals surface area contributed by atoms with Crippen LogP contribution in [0.2, 0.25) is 0 Å². The molecule has 1 N–H and O–H groups in total. The standard InChI is InChI=1S/C15H18N2O4/c1-19-10-11-20-9-8-16-15(18)21-14-7-6-12-4-2-3-5-13(12)17-14/h2-7H,8-11H2,1H3,(H,16,18). The van der Waals surface area contributed by atoms with Gasteiger partial charge in [-0.05, 0) is 12.1 Å². The Kier molecular flexibility index (Phi) is 5.93. The van der Waals surface area contributed by atoms with E-state index in [9.17, 15) is 4.79 Å². The van der Waals surface area contributed by atoms with E-state index in [1.54, 1.807) is 13.2 Å². The fourth-order valence-corrected chi connectivity index (χ4v) is 1.70. The van der Waals surface area contributed by atoms with Gasteiger partial charge in [0.15, 0.2) is 0 Å². The Labute approximate surface area is 123 Å². The molecule has 2 rings (SSSR count). The summed E-state index contributed by atoms with van der Waals surface area (Å²) in [6.07, 6.45) is -0.548. The Morgan fingerprint density at radius 3 is 2.86 bits per heavy atom. The summed E-state index contributed by atoms with van der Waals surface area (Å²) in [6.45, 7) is 1.81. The molecular formula is C15H18N2O4. The Balaban J connectivity index is 1.76. The smallest absolute Gasteiger partial charge is 0.391 e. The first-order valence-electron chi connectivity index (χ1n) is 6.68. The number of para-hydroxylation sites is 1. The van der Waals surface area contributed by atoms with Gasteiger partial charge in [-0.25, -0.2) is 9.78 Å². The first-order chi connectivity index (χ1) is 10.3. The third-order valence-electron chi connectivity index (χ3n) is 2.72. The number of ether oxygens (including phenoxy) is 3. The molecule has 1 amide bonds. The lowest BCUT2D eigenvalue weighted by Crippen LogP contribution is -2.30. The number of benzene rings is 1. The summed E-state index contributed by atoms with van der Waals surface area (Å²) in [5, 5.41) is 3.59. The quantitative estimate of drug-likeness (QED) is 0.790. The second-order valence-electron chi connectivity index (χ2n) is 4.26. The molecule has 0 radical (unpaired) electrons. The molecule has 0 bridgehead atoms. The number of rotatable bonds is 7. The molecule has 21 heavy (non-hydrogen) atoms. The van der Waals surface area contributed by atoms with Crippen LogP contribution in [-0.2, 0) is 9.47 Å². The highest BCUT2D eigenvalue weighted by atomic mass is 16.6. The molecule has 0 aliphatic rings. The predicted molar refractivity (Wildman–Crippen MR) is 78.5 cm³/mol. The molecule has 0 aliphatic carbocycles. The maximum absolute atomic E-state index is 11.6. The number of carbonyl (C=O) groups excluding carboxylic acids is 1. The maximum atomic E-state index is 11.6. The highest BCUT2D eigenvalue weighted by molar-refractivity contribution is 5.79. The summed E-state index contributed by atoms with van der Waals surface area (Å²) in [5.74, 6) is 0.270. The van der Waals surface area contributed by atoms with Crippen molar-refractivity contribution in [2.45, 2.75) is 0 Å². The highest BCUT2D eigenvalue weighted by Crippen LogP contribution is 2.15. The van der Waals surface area contributed by atoms with Crippen molar-refractivity contribution in [3.63, 3.8) is 0 Å². The molecule has 112 valence electrons. The van der Waals surface area contributed by atoms with Crippen molar-refractivity contribution in [2.75, 3.05) is 33.5 Å². The molecule has 0 spiro atoms. The van der Waals surface area contributed by atoms with Gasteiger partial charge in [0.2, 0.25) is 5.88 Å². The van der Waals surface area contributed by atoms with Crippen LogP contribution in [0.15, 0.2) is 36.4 Å². The van der Waals surface area contributed by atoms with Crippen LogP contribution in [0.5, 0.6) is 5.88 Å². The lowest BCUT2D eigenvalue weighted by molar-refractivity contribution is 0.0719. The van der Waals surface area contributed by atoms with Crippen LogP contribution in [0, 0.1) is 0 Å². The van der Waals surface area contributed by atoms with Crippen LogP contribution >= 0.6 is 0 Å². The Morgan fingerprint density at radius 1 is 1.14 bits per heavy atom. The summed E-state index contributed by atoms with van der Waals surface area (Å²) in [5.41, 5.74) is 0.783. The summed E-state index contributed by atoms with van der Waals surface area (Å²) < 4.78 is 15.2. The second kappa shape index (κ2) is 8.18. The zero-order valence-corrected chi connectivity index (χ0v) is 11.9. The minimum absolute atomic E-state index is 0.270. The monoisotopic (exact) mass is 290 g/mol. The van der Waals surface area contributed by atoms with Crippen LogP contribution in [0.1, 0.15) is 0 Å². The molecule has 1 heterocycles. The molecule has 6 heteroatoms. The predicted octanol–water partition coefficient (Wildman–Crippen LogP) is 1.99. The van der Waals surface area contributed by atoms with Gasteiger partial charge in [-0.1, -0.05) is 18.2 Å². The van der Waals surface area contributed by atoms with Crippen molar-refractivity contribution in [2.24, 2.45) is 0 Å². The molecule has 1 aromatic carbocycles. The second-order valence-corrected chi connectivity index (χ2v) is 4.26. The van der Waals surface area contributed by atoms with Crippen LogP contribution in [0.25, 0.3) is 10.9 Å². The first-order valence-corrected chi connectivity index (χ1v) is 6.68. The van der Waals surface area contributed by atoms with Gasteiger partial charge in [-0.3, -0.25) is 0 Å². The number of pyridine rings is 1.